The predicted molar refractivity (Wildman–Crippen MR) is 92.4 cm³/mol. The first-order valence-corrected chi connectivity index (χ1v) is 9.33. The first-order valence-electron chi connectivity index (χ1n) is 7.10. The second-order valence-corrected chi connectivity index (χ2v) is 8.61. The molecule has 0 aliphatic rings. The van der Waals surface area contributed by atoms with Gasteiger partial charge < -0.3 is 4.18 Å². The van der Waals surface area contributed by atoms with Crippen LogP contribution in [0.5, 0.6) is 5.88 Å². The molecule has 0 fully saturated rings. The first-order chi connectivity index (χ1) is 10.6. The Morgan fingerprint density at radius 1 is 1.09 bits per heavy atom. The Labute approximate surface area is 146 Å². The topological polar surface area (TPSA) is 61.2 Å². The Kier molecular flexibility index (Phi) is 5.28. The van der Waals surface area contributed by atoms with Gasteiger partial charge in [0.15, 0.2) is 0 Å². The Morgan fingerprint density at radius 2 is 1.74 bits per heavy atom. The number of rotatable bonds is 5. The molecule has 126 valence electrons. The molecule has 8 heteroatoms. The van der Waals surface area contributed by atoms with Gasteiger partial charge in [-0.15, -0.1) is 0 Å². The van der Waals surface area contributed by atoms with Gasteiger partial charge in [-0.25, -0.2) is 0 Å². The fourth-order valence-corrected chi connectivity index (χ4v) is 2.58. The predicted octanol–water partition coefficient (Wildman–Crippen LogP) is 4.42. The number of hydrogen-bond acceptors (Lipinski definition) is 4. The lowest BCUT2D eigenvalue weighted by Crippen LogP contribution is -2.21. The van der Waals surface area contributed by atoms with Crippen molar-refractivity contribution in [2.45, 2.75) is 38.9 Å². The van der Waals surface area contributed by atoms with E-state index in [-0.39, 0.29) is 11.8 Å². The fraction of sp³-hybridized carbons (Fsp3) is 0.400. The van der Waals surface area contributed by atoms with E-state index in [0.717, 1.165) is 0 Å². The van der Waals surface area contributed by atoms with Crippen molar-refractivity contribution in [2.75, 3.05) is 0 Å². The van der Waals surface area contributed by atoms with Crippen LogP contribution in [0.4, 0.5) is 0 Å². The van der Waals surface area contributed by atoms with Crippen molar-refractivity contribution >= 4 is 33.3 Å². The minimum absolute atomic E-state index is 0.114. The molecule has 0 saturated carbocycles. The van der Waals surface area contributed by atoms with Crippen LogP contribution in [0, 0.1) is 0 Å². The molecule has 0 radical (unpaired) electrons. The van der Waals surface area contributed by atoms with Crippen molar-refractivity contribution in [3.8, 4) is 11.6 Å². The molecule has 0 N–H and O–H groups in total. The van der Waals surface area contributed by atoms with Crippen molar-refractivity contribution in [3.05, 3.63) is 40.0 Å². The molecule has 0 saturated heterocycles. The van der Waals surface area contributed by atoms with Gasteiger partial charge in [-0.05, 0) is 38.0 Å². The van der Waals surface area contributed by atoms with Crippen LogP contribution in [-0.2, 0) is 10.1 Å². The van der Waals surface area contributed by atoms with Gasteiger partial charge in [0.1, 0.15) is 0 Å². The third kappa shape index (κ3) is 4.00. The molecule has 2 aromatic rings. The minimum atomic E-state index is -3.73. The zero-order valence-corrected chi connectivity index (χ0v) is 15.6. The highest BCUT2D eigenvalue weighted by Crippen LogP contribution is 2.29. The molecule has 0 aliphatic heterocycles. The van der Waals surface area contributed by atoms with Gasteiger partial charge in [0.05, 0.1) is 26.7 Å². The van der Waals surface area contributed by atoms with Gasteiger partial charge in [0.25, 0.3) is 0 Å². The zero-order chi connectivity index (χ0) is 17.4. The third-order valence-corrected chi connectivity index (χ3v) is 5.51. The summed E-state index contributed by atoms with van der Waals surface area (Å²) in [6.45, 7) is 7.03. The van der Waals surface area contributed by atoms with E-state index in [1.807, 2.05) is 13.8 Å². The van der Waals surface area contributed by atoms with Crippen LogP contribution in [0.3, 0.4) is 0 Å². The molecule has 2 rings (SSSR count). The quantitative estimate of drug-likeness (QED) is 0.724. The van der Waals surface area contributed by atoms with Crippen LogP contribution in [0.25, 0.3) is 5.69 Å². The van der Waals surface area contributed by atoms with Gasteiger partial charge in [-0.1, -0.05) is 37.0 Å². The number of hydrogen-bond donors (Lipinski definition) is 0. The lowest BCUT2D eigenvalue weighted by atomic mass is 10.1. The highest BCUT2D eigenvalue weighted by atomic mass is 35.5. The first kappa shape index (κ1) is 18.1. The molecule has 1 heterocycles. The average Bonchev–Trinajstić information content (AvgIpc) is 2.85. The van der Waals surface area contributed by atoms with Crippen molar-refractivity contribution < 1.29 is 12.6 Å². The smallest absolute Gasteiger partial charge is 0.313 e. The summed E-state index contributed by atoms with van der Waals surface area (Å²) in [5, 5.41) is 4.51. The molecule has 1 aromatic carbocycles. The van der Waals surface area contributed by atoms with Crippen LogP contribution in [0.2, 0.25) is 10.0 Å². The summed E-state index contributed by atoms with van der Waals surface area (Å²) in [7, 11) is -3.73. The maximum absolute atomic E-state index is 12.1. The third-order valence-electron chi connectivity index (χ3n) is 3.21. The van der Waals surface area contributed by atoms with Gasteiger partial charge in [-0.2, -0.15) is 18.2 Å². The molecule has 0 bridgehead atoms. The molecule has 0 spiro atoms. The molecule has 5 nitrogen and oxygen atoms in total. The molecular weight excluding hydrogens is 359 g/mol. The Hall–Kier alpha value is -1.24. The van der Waals surface area contributed by atoms with Gasteiger partial charge >= 0.3 is 10.1 Å². The lowest BCUT2D eigenvalue weighted by Gasteiger charge is -2.11. The normalized spacial score (nSPS) is 12.2. The lowest BCUT2D eigenvalue weighted by molar-refractivity contribution is 0.457. The van der Waals surface area contributed by atoms with E-state index in [2.05, 4.69) is 5.10 Å². The highest BCUT2D eigenvalue weighted by molar-refractivity contribution is 7.87. The summed E-state index contributed by atoms with van der Waals surface area (Å²) in [5.41, 5.74) is 1.28. The fourth-order valence-electron chi connectivity index (χ4n) is 1.74. The zero-order valence-electron chi connectivity index (χ0n) is 13.2. The van der Waals surface area contributed by atoms with Crippen molar-refractivity contribution in [3.63, 3.8) is 0 Å². The number of aromatic nitrogens is 2. The van der Waals surface area contributed by atoms with Crippen LogP contribution < -0.4 is 4.18 Å². The summed E-state index contributed by atoms with van der Waals surface area (Å²) < 4.78 is 30.8. The minimum Gasteiger partial charge on any atom is -0.361 e. The Bertz CT molecular complexity index is 814. The molecule has 0 aliphatic carbocycles. The summed E-state index contributed by atoms with van der Waals surface area (Å²) >= 11 is 12.0. The van der Waals surface area contributed by atoms with Crippen molar-refractivity contribution in [1.82, 2.24) is 9.78 Å². The van der Waals surface area contributed by atoms with E-state index in [4.69, 9.17) is 27.4 Å². The molecule has 0 unspecified atom stereocenters. The standard InChI is InChI=1S/C15H18Cl2N2O3S/c1-9(2)14-8-15(22-23(20,21)10(3)4)19(18-14)11-5-6-12(16)13(17)7-11/h5-10H,1-4H3. The Balaban J connectivity index is 2.55. The maximum Gasteiger partial charge on any atom is 0.313 e. The van der Waals surface area contributed by atoms with E-state index in [1.165, 1.54) is 4.68 Å². The van der Waals surface area contributed by atoms with Crippen LogP contribution in [0.15, 0.2) is 24.3 Å². The molecule has 1 aromatic heterocycles. The highest BCUT2D eigenvalue weighted by Gasteiger charge is 2.23. The second-order valence-electron chi connectivity index (χ2n) is 5.70. The van der Waals surface area contributed by atoms with Crippen LogP contribution in [-0.4, -0.2) is 23.4 Å². The van der Waals surface area contributed by atoms with Crippen molar-refractivity contribution in [1.29, 1.82) is 0 Å². The SMILES string of the molecule is CC(C)c1cc(OS(=O)(=O)C(C)C)n(-c2ccc(Cl)c(Cl)c2)n1. The Morgan fingerprint density at radius 3 is 2.26 bits per heavy atom. The largest absolute Gasteiger partial charge is 0.361 e. The van der Waals surface area contributed by atoms with E-state index >= 15 is 0 Å². The molecular formula is C15H18Cl2N2O3S. The number of benzene rings is 1. The van der Waals surface area contributed by atoms with Gasteiger partial charge in [0.2, 0.25) is 5.88 Å². The summed E-state index contributed by atoms with van der Waals surface area (Å²) in [5.74, 6) is 0.240. The van der Waals surface area contributed by atoms with Gasteiger partial charge in [-0.3, -0.25) is 0 Å². The molecule has 0 atom stereocenters. The number of nitrogens with zero attached hydrogens (tertiary/aromatic N) is 2. The van der Waals surface area contributed by atoms with Crippen LogP contribution >= 0.6 is 23.2 Å². The summed E-state index contributed by atoms with van der Waals surface area (Å²) in [6.07, 6.45) is 0. The van der Waals surface area contributed by atoms with E-state index in [1.54, 1.807) is 38.1 Å². The summed E-state index contributed by atoms with van der Waals surface area (Å²) in [6, 6.07) is 6.54. The van der Waals surface area contributed by atoms with Gasteiger partial charge in [0, 0.05) is 6.07 Å². The van der Waals surface area contributed by atoms with E-state index in [9.17, 15) is 8.42 Å². The summed E-state index contributed by atoms with van der Waals surface area (Å²) in [4.78, 5) is 0. The molecule has 23 heavy (non-hydrogen) atoms. The number of halogens is 2. The van der Waals surface area contributed by atoms with Crippen molar-refractivity contribution in [2.24, 2.45) is 0 Å². The molecule has 0 amide bonds. The van der Waals surface area contributed by atoms with E-state index < -0.39 is 15.4 Å². The van der Waals surface area contributed by atoms with Crippen LogP contribution in [0.1, 0.15) is 39.3 Å². The maximum atomic E-state index is 12.1. The second kappa shape index (κ2) is 6.71. The average molecular weight is 377 g/mol. The van der Waals surface area contributed by atoms with E-state index in [0.29, 0.717) is 21.4 Å². The monoisotopic (exact) mass is 376 g/mol.